The number of nitrogens with zero attached hydrogens (tertiary/aromatic N) is 3. The Bertz CT molecular complexity index is 1420. The summed E-state index contributed by atoms with van der Waals surface area (Å²) in [7, 11) is 0.632. The predicted octanol–water partition coefficient (Wildman–Crippen LogP) is 4.61. The second-order valence-corrected chi connectivity index (χ2v) is 14.0. The third kappa shape index (κ3) is 8.20. The van der Waals surface area contributed by atoms with Crippen molar-refractivity contribution >= 4 is 28.6 Å². The number of benzene rings is 2. The standard InChI is InChI=1S/C35H48N4O5S/c1-4-5-9-28-11-12-29-25-31(28)44-21-8-6-7-20-43-22-19-38(3)33(40)30-13-10-27(26(2)24-30)14-23-45(42)39-17-15-35(16-18-39)34(41)36-32(29)37-35/h10-13,24-25H,4-9,14-23H2,1-3H3,(H,36,37,41). The lowest BCUT2D eigenvalue weighted by molar-refractivity contribution is -0.124. The van der Waals surface area contributed by atoms with Crippen molar-refractivity contribution in [1.29, 1.82) is 0 Å². The van der Waals surface area contributed by atoms with Crippen molar-refractivity contribution in [2.75, 3.05) is 52.3 Å². The molecule has 2 aromatic carbocycles. The molecule has 5 heterocycles. The summed E-state index contributed by atoms with van der Waals surface area (Å²) in [5, 5.41) is 3.05. The number of unbranched alkanes of at least 4 members (excludes halogenated alkanes) is 1. The third-order valence-corrected chi connectivity index (χ3v) is 10.7. The summed E-state index contributed by atoms with van der Waals surface area (Å²) in [5.74, 6) is 1.84. The molecule has 9 nitrogen and oxygen atoms in total. The van der Waals surface area contributed by atoms with Gasteiger partial charge in [0.25, 0.3) is 11.8 Å². The van der Waals surface area contributed by atoms with Crippen LogP contribution in [0.15, 0.2) is 41.4 Å². The maximum Gasteiger partial charge on any atom is 0.253 e. The summed E-state index contributed by atoms with van der Waals surface area (Å²) in [6.07, 6.45) is 7.65. The molecule has 0 radical (unpaired) electrons. The van der Waals surface area contributed by atoms with Gasteiger partial charge >= 0.3 is 0 Å². The minimum atomic E-state index is -1.17. The van der Waals surface area contributed by atoms with Gasteiger partial charge in [-0.05, 0) is 93.2 Å². The molecule has 1 N–H and O–H groups in total. The number of likely N-dealkylation sites (N-methyl/N-ethyl adjacent to an activating group) is 1. The molecule has 1 unspecified atom stereocenters. The highest BCUT2D eigenvalue weighted by molar-refractivity contribution is 7.82. The first-order valence-corrected chi connectivity index (χ1v) is 17.8. The Labute approximate surface area is 270 Å². The van der Waals surface area contributed by atoms with Crippen LogP contribution in [0.4, 0.5) is 0 Å². The lowest BCUT2D eigenvalue weighted by atomic mass is 9.89. The number of piperidine rings is 1. The van der Waals surface area contributed by atoms with E-state index in [-0.39, 0.29) is 11.8 Å². The summed E-state index contributed by atoms with van der Waals surface area (Å²) in [6, 6.07) is 11.9. The average Bonchev–Trinajstić information content (AvgIpc) is 3.36. The zero-order valence-electron chi connectivity index (χ0n) is 27.1. The maximum absolute atomic E-state index is 13.3. The van der Waals surface area contributed by atoms with Gasteiger partial charge in [-0.15, -0.1) is 0 Å². The number of fused-ring (bicyclic) bond motifs is 2. The molecule has 244 valence electrons. The maximum atomic E-state index is 13.3. The SMILES string of the molecule is CCCCc1ccc2cc1OCCCCCOCCN(C)C(=O)c1ccc(c(C)c1)CCS(=O)N1CCC3(CC1)N=C2NC3=O. The summed E-state index contributed by atoms with van der Waals surface area (Å²) in [5.41, 5.74) is 3.97. The first-order chi connectivity index (χ1) is 21.8. The number of nitrogens with one attached hydrogen (secondary N) is 1. The van der Waals surface area contributed by atoms with E-state index in [2.05, 4.69) is 18.3 Å². The van der Waals surface area contributed by atoms with Crippen molar-refractivity contribution in [3.05, 3.63) is 64.2 Å². The topological polar surface area (TPSA) is 101 Å². The van der Waals surface area contributed by atoms with Crippen LogP contribution in [0.25, 0.3) is 0 Å². The van der Waals surface area contributed by atoms with Crippen molar-refractivity contribution in [2.24, 2.45) is 4.99 Å². The molecule has 0 aliphatic carbocycles. The van der Waals surface area contributed by atoms with Crippen molar-refractivity contribution in [1.82, 2.24) is 14.5 Å². The van der Waals surface area contributed by atoms with E-state index in [1.165, 1.54) is 5.56 Å². The molecule has 2 aromatic rings. The number of rotatable bonds is 3. The minimum absolute atomic E-state index is 0.0299. The van der Waals surface area contributed by atoms with Crippen molar-refractivity contribution < 1.29 is 23.3 Å². The molecule has 10 heteroatoms. The van der Waals surface area contributed by atoms with E-state index in [1.807, 2.05) is 41.6 Å². The zero-order valence-corrected chi connectivity index (χ0v) is 27.9. The minimum Gasteiger partial charge on any atom is -0.493 e. The van der Waals surface area contributed by atoms with E-state index < -0.39 is 16.5 Å². The summed E-state index contributed by atoms with van der Waals surface area (Å²) in [6.45, 7) is 7.55. The molecule has 0 aromatic heterocycles. The number of carbonyl (C=O) groups excluding carboxylic acids is 2. The number of hydrogen-bond donors (Lipinski definition) is 1. The van der Waals surface area contributed by atoms with Crippen molar-refractivity contribution in [3.8, 4) is 5.75 Å². The quantitative estimate of drug-likeness (QED) is 0.531. The Morgan fingerprint density at radius 1 is 0.978 bits per heavy atom. The molecule has 1 spiro atoms. The number of aliphatic imine (C=N–C) groups is 1. The number of carbonyl (C=O) groups is 2. The van der Waals surface area contributed by atoms with Gasteiger partial charge in [0.1, 0.15) is 17.1 Å². The van der Waals surface area contributed by atoms with Crippen LogP contribution in [0, 0.1) is 6.92 Å². The first-order valence-electron chi connectivity index (χ1n) is 16.5. The van der Waals surface area contributed by atoms with E-state index in [4.69, 9.17) is 14.5 Å². The molecule has 1 saturated heterocycles. The molecule has 2 amide bonds. The molecule has 45 heavy (non-hydrogen) atoms. The fraction of sp³-hybridized carbons (Fsp3) is 0.571. The van der Waals surface area contributed by atoms with Crippen LogP contribution >= 0.6 is 0 Å². The molecule has 7 rings (SSSR count). The number of amides is 2. The van der Waals surface area contributed by atoms with Gasteiger partial charge in [0.05, 0.1) is 24.2 Å². The highest BCUT2D eigenvalue weighted by Crippen LogP contribution is 2.33. The average molecular weight is 637 g/mol. The Kier molecular flexibility index (Phi) is 11.4. The van der Waals surface area contributed by atoms with Gasteiger partial charge in [0, 0.05) is 50.2 Å². The highest BCUT2D eigenvalue weighted by atomic mass is 32.2. The third-order valence-electron chi connectivity index (χ3n) is 9.20. The van der Waals surface area contributed by atoms with Gasteiger partial charge in [-0.2, -0.15) is 0 Å². The second kappa shape index (κ2) is 15.5. The van der Waals surface area contributed by atoms with Gasteiger partial charge in [-0.25, -0.2) is 8.51 Å². The van der Waals surface area contributed by atoms with E-state index in [0.717, 1.165) is 61.0 Å². The lowest BCUT2D eigenvalue weighted by Crippen LogP contribution is -2.49. The number of aryl methyl sites for hydroxylation is 3. The Hall–Kier alpha value is -3.08. The first kappa shape index (κ1) is 33.3. The Morgan fingerprint density at radius 3 is 2.53 bits per heavy atom. The fourth-order valence-electron chi connectivity index (χ4n) is 6.19. The summed E-state index contributed by atoms with van der Waals surface area (Å²) < 4.78 is 27.4. The van der Waals surface area contributed by atoms with Crippen molar-refractivity contribution in [2.45, 2.75) is 77.2 Å². The molecule has 5 aliphatic heterocycles. The molecule has 0 saturated carbocycles. The smallest absolute Gasteiger partial charge is 0.253 e. The second-order valence-electron chi connectivity index (χ2n) is 12.5. The normalized spacial score (nSPS) is 25.4. The largest absolute Gasteiger partial charge is 0.493 e. The zero-order chi connectivity index (χ0) is 31.8. The molecule has 1 atom stereocenters. The van der Waals surface area contributed by atoms with Crippen LogP contribution in [0.5, 0.6) is 5.75 Å². The Morgan fingerprint density at radius 2 is 1.76 bits per heavy atom. The fourth-order valence-corrected chi connectivity index (χ4v) is 7.43. The summed E-state index contributed by atoms with van der Waals surface area (Å²) >= 11 is 0. The molecule has 1 fully saturated rings. The molecular weight excluding hydrogens is 588 g/mol. The summed E-state index contributed by atoms with van der Waals surface area (Å²) in [4.78, 5) is 33.0. The van der Waals surface area contributed by atoms with Crippen LogP contribution in [-0.2, 0) is 33.4 Å². The van der Waals surface area contributed by atoms with Crippen LogP contribution in [0.3, 0.4) is 0 Å². The van der Waals surface area contributed by atoms with E-state index in [1.54, 1.807) is 11.9 Å². The van der Waals surface area contributed by atoms with Gasteiger partial charge < -0.3 is 19.7 Å². The van der Waals surface area contributed by atoms with E-state index in [0.29, 0.717) is 75.9 Å². The number of hydrogen-bond acceptors (Lipinski definition) is 6. The van der Waals surface area contributed by atoms with E-state index >= 15 is 0 Å². The van der Waals surface area contributed by atoms with Gasteiger partial charge in [0.15, 0.2) is 0 Å². The highest BCUT2D eigenvalue weighted by Gasteiger charge is 2.46. The molecule has 5 aliphatic rings. The Balaban J connectivity index is 1.32. The van der Waals surface area contributed by atoms with Gasteiger partial charge in [-0.3, -0.25) is 14.6 Å². The van der Waals surface area contributed by atoms with Crippen molar-refractivity contribution in [3.63, 3.8) is 0 Å². The van der Waals surface area contributed by atoms with Crippen LogP contribution in [0.1, 0.15) is 84.5 Å². The van der Waals surface area contributed by atoms with Crippen LogP contribution in [-0.4, -0.2) is 88.9 Å². The van der Waals surface area contributed by atoms with Gasteiger partial charge in [0.2, 0.25) is 0 Å². The monoisotopic (exact) mass is 636 g/mol. The van der Waals surface area contributed by atoms with Crippen LogP contribution < -0.4 is 10.1 Å². The number of amidine groups is 1. The molecular formula is C35H48N4O5S. The van der Waals surface area contributed by atoms with Crippen LogP contribution in [0.2, 0.25) is 0 Å². The lowest BCUT2D eigenvalue weighted by Gasteiger charge is -2.34. The molecule has 7 bridgehead atoms. The predicted molar refractivity (Wildman–Crippen MR) is 178 cm³/mol. The number of ether oxygens (including phenoxy) is 2. The van der Waals surface area contributed by atoms with E-state index in [9.17, 15) is 13.8 Å². The van der Waals surface area contributed by atoms with Gasteiger partial charge in [-0.1, -0.05) is 31.5 Å².